The van der Waals surface area contributed by atoms with Crippen molar-refractivity contribution in [3.63, 3.8) is 0 Å². The van der Waals surface area contributed by atoms with Gasteiger partial charge in [-0.05, 0) is 29.8 Å². The molecular weight excluding hydrogens is 298 g/mol. The number of sulfonamides is 1. The third-order valence-corrected chi connectivity index (χ3v) is 4.91. The van der Waals surface area contributed by atoms with Crippen molar-refractivity contribution in [2.45, 2.75) is 24.9 Å². The number of fused-ring (bicyclic) bond motifs is 1. The molecule has 0 atom stereocenters. The molecule has 0 saturated heterocycles. The van der Waals surface area contributed by atoms with Crippen LogP contribution in [0.2, 0.25) is 0 Å². The highest BCUT2D eigenvalue weighted by atomic mass is 32.2. The summed E-state index contributed by atoms with van der Waals surface area (Å²) in [7, 11) is -3.53. The number of nitrogens with zero attached hydrogens (tertiary/aromatic N) is 2. The quantitative estimate of drug-likeness (QED) is 0.787. The first-order valence-electron chi connectivity index (χ1n) is 7.08. The van der Waals surface area contributed by atoms with E-state index in [1.807, 2.05) is 43.5 Å². The summed E-state index contributed by atoms with van der Waals surface area (Å²) < 4.78 is 29.2. The minimum Gasteiger partial charge on any atom is -0.273 e. The number of nitrogens with one attached hydrogen (secondary N) is 1. The zero-order valence-electron chi connectivity index (χ0n) is 12.2. The van der Waals surface area contributed by atoms with Gasteiger partial charge in [0.05, 0.1) is 11.1 Å². The SMILES string of the molecule is CCn1cc(CNS(=O)(=O)c2ccc3ccccc3c2)cn1. The molecule has 6 heteroatoms. The van der Waals surface area contributed by atoms with Crippen LogP contribution in [0.5, 0.6) is 0 Å². The lowest BCUT2D eigenvalue weighted by Gasteiger charge is -2.07. The zero-order chi connectivity index (χ0) is 15.6. The topological polar surface area (TPSA) is 64.0 Å². The fraction of sp³-hybridized carbons (Fsp3) is 0.188. The summed E-state index contributed by atoms with van der Waals surface area (Å²) in [6, 6.07) is 12.8. The van der Waals surface area contributed by atoms with Crippen molar-refractivity contribution in [3.05, 3.63) is 60.4 Å². The van der Waals surface area contributed by atoms with Crippen LogP contribution in [0.25, 0.3) is 10.8 Å². The van der Waals surface area contributed by atoms with Crippen LogP contribution in [0.3, 0.4) is 0 Å². The minimum absolute atomic E-state index is 0.231. The van der Waals surface area contributed by atoms with Crippen LogP contribution in [0, 0.1) is 0 Å². The summed E-state index contributed by atoms with van der Waals surface area (Å²) in [4.78, 5) is 0.272. The smallest absolute Gasteiger partial charge is 0.240 e. The average Bonchev–Trinajstić information content (AvgIpc) is 3.01. The van der Waals surface area contributed by atoms with Crippen molar-refractivity contribution in [2.75, 3.05) is 0 Å². The molecule has 1 heterocycles. The van der Waals surface area contributed by atoms with Crippen LogP contribution in [-0.4, -0.2) is 18.2 Å². The standard InChI is InChI=1S/C16H17N3O2S/c1-2-19-12-13(10-17-19)11-18-22(20,21)16-8-7-14-5-3-4-6-15(14)9-16/h3-10,12,18H,2,11H2,1H3. The maximum absolute atomic E-state index is 12.4. The molecule has 0 spiro atoms. The van der Waals surface area contributed by atoms with E-state index in [1.54, 1.807) is 23.0 Å². The maximum Gasteiger partial charge on any atom is 0.240 e. The lowest BCUT2D eigenvalue weighted by Crippen LogP contribution is -2.23. The zero-order valence-corrected chi connectivity index (χ0v) is 13.0. The number of hydrogen-bond donors (Lipinski definition) is 1. The predicted octanol–water partition coefficient (Wildman–Crippen LogP) is 2.53. The fourth-order valence-corrected chi connectivity index (χ4v) is 3.32. The van der Waals surface area contributed by atoms with E-state index in [0.29, 0.717) is 0 Å². The summed E-state index contributed by atoms with van der Waals surface area (Å²) in [5.41, 5.74) is 0.839. The van der Waals surface area contributed by atoms with Gasteiger partial charge in [-0.25, -0.2) is 13.1 Å². The van der Waals surface area contributed by atoms with E-state index in [9.17, 15) is 8.42 Å². The second-order valence-electron chi connectivity index (χ2n) is 5.04. The first-order chi connectivity index (χ1) is 10.6. The van der Waals surface area contributed by atoms with Crippen molar-refractivity contribution in [3.8, 4) is 0 Å². The Kier molecular flexibility index (Phi) is 3.96. The molecule has 0 saturated carbocycles. The van der Waals surface area contributed by atoms with Gasteiger partial charge >= 0.3 is 0 Å². The molecule has 2 aromatic carbocycles. The Morgan fingerprint density at radius 1 is 1.14 bits per heavy atom. The average molecular weight is 315 g/mol. The van der Waals surface area contributed by atoms with E-state index < -0.39 is 10.0 Å². The largest absolute Gasteiger partial charge is 0.273 e. The molecular formula is C16H17N3O2S. The minimum atomic E-state index is -3.53. The summed E-state index contributed by atoms with van der Waals surface area (Å²) in [6.07, 6.45) is 3.51. The summed E-state index contributed by atoms with van der Waals surface area (Å²) in [5.74, 6) is 0. The predicted molar refractivity (Wildman–Crippen MR) is 85.9 cm³/mol. The van der Waals surface area contributed by atoms with Crippen molar-refractivity contribution in [1.29, 1.82) is 0 Å². The van der Waals surface area contributed by atoms with Gasteiger partial charge in [0.2, 0.25) is 10.0 Å². The molecule has 1 aromatic heterocycles. The van der Waals surface area contributed by atoms with Gasteiger partial charge in [-0.3, -0.25) is 4.68 Å². The van der Waals surface area contributed by atoms with Crippen molar-refractivity contribution in [1.82, 2.24) is 14.5 Å². The van der Waals surface area contributed by atoms with Crippen LogP contribution in [0.15, 0.2) is 59.8 Å². The molecule has 0 bridgehead atoms. The molecule has 114 valence electrons. The molecule has 3 rings (SSSR count). The summed E-state index contributed by atoms with van der Waals surface area (Å²) in [5, 5.41) is 6.06. The fourth-order valence-electron chi connectivity index (χ4n) is 2.27. The molecule has 1 N–H and O–H groups in total. The molecule has 22 heavy (non-hydrogen) atoms. The first-order valence-corrected chi connectivity index (χ1v) is 8.56. The van der Waals surface area contributed by atoms with E-state index in [1.165, 1.54) is 0 Å². The Hall–Kier alpha value is -2.18. The molecule has 5 nitrogen and oxygen atoms in total. The Labute approximate surface area is 129 Å². The van der Waals surface area contributed by atoms with Gasteiger partial charge in [0, 0.05) is 24.8 Å². The molecule has 0 fully saturated rings. The lowest BCUT2D eigenvalue weighted by molar-refractivity contribution is 0.581. The molecule has 0 amide bonds. The van der Waals surface area contributed by atoms with Crippen molar-refractivity contribution < 1.29 is 8.42 Å². The highest BCUT2D eigenvalue weighted by Crippen LogP contribution is 2.19. The van der Waals surface area contributed by atoms with Gasteiger partial charge in [0.25, 0.3) is 0 Å². The van der Waals surface area contributed by atoms with Gasteiger partial charge < -0.3 is 0 Å². The second-order valence-corrected chi connectivity index (χ2v) is 6.80. The van der Waals surface area contributed by atoms with Crippen molar-refractivity contribution in [2.24, 2.45) is 0 Å². The third-order valence-electron chi connectivity index (χ3n) is 3.51. The Morgan fingerprint density at radius 3 is 2.64 bits per heavy atom. The van der Waals surface area contributed by atoms with Gasteiger partial charge in [-0.2, -0.15) is 5.10 Å². The van der Waals surface area contributed by atoms with Crippen LogP contribution in [-0.2, 0) is 23.1 Å². The molecule has 0 radical (unpaired) electrons. The van der Waals surface area contributed by atoms with E-state index in [-0.39, 0.29) is 11.4 Å². The van der Waals surface area contributed by atoms with E-state index in [4.69, 9.17) is 0 Å². The van der Waals surface area contributed by atoms with Crippen LogP contribution in [0.1, 0.15) is 12.5 Å². The summed E-state index contributed by atoms with van der Waals surface area (Å²) in [6.45, 7) is 2.97. The number of rotatable bonds is 5. The maximum atomic E-state index is 12.4. The van der Waals surface area contributed by atoms with Crippen molar-refractivity contribution >= 4 is 20.8 Å². The highest BCUT2D eigenvalue weighted by molar-refractivity contribution is 7.89. The number of benzene rings is 2. The molecule has 0 aliphatic carbocycles. The van der Waals surface area contributed by atoms with E-state index in [0.717, 1.165) is 22.9 Å². The normalized spacial score (nSPS) is 11.9. The third kappa shape index (κ3) is 3.03. The van der Waals surface area contributed by atoms with Crippen LogP contribution in [0.4, 0.5) is 0 Å². The molecule has 0 unspecified atom stereocenters. The van der Waals surface area contributed by atoms with Gasteiger partial charge in [0.1, 0.15) is 0 Å². The van der Waals surface area contributed by atoms with Gasteiger partial charge in [0.15, 0.2) is 0 Å². The van der Waals surface area contributed by atoms with Crippen LogP contribution >= 0.6 is 0 Å². The first kappa shape index (κ1) is 14.7. The van der Waals surface area contributed by atoms with E-state index in [2.05, 4.69) is 9.82 Å². The van der Waals surface area contributed by atoms with E-state index >= 15 is 0 Å². The second kappa shape index (κ2) is 5.90. The Morgan fingerprint density at radius 2 is 1.91 bits per heavy atom. The Balaban J connectivity index is 1.81. The lowest BCUT2D eigenvalue weighted by atomic mass is 10.1. The summed E-state index contributed by atoms with van der Waals surface area (Å²) >= 11 is 0. The monoisotopic (exact) mass is 315 g/mol. The number of aromatic nitrogens is 2. The Bertz CT molecular complexity index is 900. The molecule has 0 aliphatic rings. The van der Waals surface area contributed by atoms with Gasteiger partial charge in [-0.15, -0.1) is 0 Å². The molecule has 3 aromatic rings. The van der Waals surface area contributed by atoms with Crippen LogP contribution < -0.4 is 4.72 Å². The number of aryl methyl sites for hydroxylation is 1. The molecule has 0 aliphatic heterocycles. The highest BCUT2D eigenvalue weighted by Gasteiger charge is 2.14. The van der Waals surface area contributed by atoms with Gasteiger partial charge in [-0.1, -0.05) is 30.3 Å². The number of hydrogen-bond acceptors (Lipinski definition) is 3.